The third-order valence-electron chi connectivity index (χ3n) is 2.60. The molecule has 0 heterocycles. The molecule has 0 fully saturated rings. The average Bonchev–Trinajstić information content (AvgIpc) is 2.48. The van der Waals surface area contributed by atoms with E-state index in [0.717, 1.165) is 0 Å². The summed E-state index contributed by atoms with van der Waals surface area (Å²) in [6, 6.07) is 14.8. The number of hydrogen-bond donors (Lipinski definition) is 3. The fourth-order valence-electron chi connectivity index (χ4n) is 1.60. The van der Waals surface area contributed by atoms with Gasteiger partial charge in [0.2, 0.25) is 5.91 Å². The molecule has 3 N–H and O–H groups in total. The maximum absolute atomic E-state index is 11.7. The van der Waals surface area contributed by atoms with Crippen LogP contribution in [0.1, 0.15) is 10.4 Å². The molecular weight excluding hydrogens is 256 g/mol. The van der Waals surface area contributed by atoms with Crippen molar-refractivity contribution in [1.29, 1.82) is 0 Å². The fraction of sp³-hybridized carbons (Fsp3) is 0.0667. The molecule has 0 aliphatic carbocycles. The van der Waals surface area contributed by atoms with Crippen molar-refractivity contribution in [3.63, 3.8) is 0 Å². The lowest BCUT2D eigenvalue weighted by Crippen LogP contribution is -2.32. The van der Waals surface area contributed by atoms with Gasteiger partial charge in [0, 0.05) is 11.3 Å². The number of phenolic OH excluding ortho intramolecular Hbond substituents is 1. The monoisotopic (exact) mass is 270 g/mol. The van der Waals surface area contributed by atoms with Crippen LogP contribution in [0.15, 0.2) is 54.6 Å². The molecular formula is C15H14N2O3. The predicted octanol–water partition coefficient (Wildman–Crippen LogP) is 1.76. The van der Waals surface area contributed by atoms with Crippen LogP contribution in [0.25, 0.3) is 0 Å². The van der Waals surface area contributed by atoms with Gasteiger partial charge < -0.3 is 15.7 Å². The van der Waals surface area contributed by atoms with Crippen LogP contribution in [0.2, 0.25) is 0 Å². The SMILES string of the molecule is O=C(CNC(=O)c1ccccc1)Nc1ccc(O)cc1. The summed E-state index contributed by atoms with van der Waals surface area (Å²) in [4.78, 5) is 23.4. The van der Waals surface area contributed by atoms with Gasteiger partial charge in [0.05, 0.1) is 6.54 Å². The van der Waals surface area contributed by atoms with Gasteiger partial charge in [0.1, 0.15) is 5.75 Å². The number of carbonyl (C=O) groups excluding carboxylic acids is 2. The van der Waals surface area contributed by atoms with Crippen molar-refractivity contribution in [3.05, 3.63) is 60.2 Å². The molecule has 102 valence electrons. The van der Waals surface area contributed by atoms with E-state index in [9.17, 15) is 9.59 Å². The number of aromatic hydroxyl groups is 1. The minimum absolute atomic E-state index is 0.116. The lowest BCUT2D eigenvalue weighted by molar-refractivity contribution is -0.115. The van der Waals surface area contributed by atoms with Crippen molar-refractivity contribution < 1.29 is 14.7 Å². The second kappa shape index (κ2) is 6.38. The Morgan fingerprint density at radius 2 is 1.60 bits per heavy atom. The number of rotatable bonds is 4. The molecule has 0 radical (unpaired) electrons. The Morgan fingerprint density at radius 3 is 2.25 bits per heavy atom. The van der Waals surface area contributed by atoms with E-state index in [1.807, 2.05) is 6.07 Å². The number of amides is 2. The van der Waals surface area contributed by atoms with Gasteiger partial charge in [-0.05, 0) is 36.4 Å². The molecule has 5 nitrogen and oxygen atoms in total. The first-order chi connectivity index (χ1) is 9.65. The number of anilines is 1. The standard InChI is InChI=1S/C15H14N2O3/c18-13-8-6-12(7-9-13)17-14(19)10-16-15(20)11-4-2-1-3-5-11/h1-9,18H,10H2,(H,16,20)(H,17,19). The lowest BCUT2D eigenvalue weighted by Gasteiger charge is -2.07. The molecule has 2 aromatic rings. The van der Waals surface area contributed by atoms with Crippen molar-refractivity contribution in [2.24, 2.45) is 0 Å². The van der Waals surface area contributed by atoms with Crippen LogP contribution in [-0.4, -0.2) is 23.5 Å². The molecule has 0 atom stereocenters. The Labute approximate surface area is 116 Å². The second-order valence-electron chi connectivity index (χ2n) is 4.14. The number of benzene rings is 2. The highest BCUT2D eigenvalue weighted by Crippen LogP contribution is 2.13. The van der Waals surface area contributed by atoms with Gasteiger partial charge in [-0.15, -0.1) is 0 Å². The van der Waals surface area contributed by atoms with Gasteiger partial charge in [-0.2, -0.15) is 0 Å². The van der Waals surface area contributed by atoms with Gasteiger partial charge >= 0.3 is 0 Å². The Morgan fingerprint density at radius 1 is 0.950 bits per heavy atom. The molecule has 5 heteroatoms. The first-order valence-corrected chi connectivity index (χ1v) is 6.07. The summed E-state index contributed by atoms with van der Waals surface area (Å²) in [5, 5.41) is 14.3. The highest BCUT2D eigenvalue weighted by Gasteiger charge is 2.07. The van der Waals surface area contributed by atoms with Crippen LogP contribution in [0.5, 0.6) is 5.75 Å². The van der Waals surface area contributed by atoms with Crippen molar-refractivity contribution in [3.8, 4) is 5.75 Å². The largest absolute Gasteiger partial charge is 0.508 e. The zero-order valence-electron chi connectivity index (χ0n) is 10.7. The van der Waals surface area contributed by atoms with Crippen molar-refractivity contribution in [2.45, 2.75) is 0 Å². The van der Waals surface area contributed by atoms with E-state index in [1.54, 1.807) is 36.4 Å². The quantitative estimate of drug-likeness (QED) is 0.741. The summed E-state index contributed by atoms with van der Waals surface area (Å²) in [6.07, 6.45) is 0. The molecule has 0 aliphatic heterocycles. The third kappa shape index (κ3) is 3.84. The number of carbonyl (C=O) groups is 2. The van der Waals surface area contributed by atoms with Crippen molar-refractivity contribution in [1.82, 2.24) is 5.32 Å². The van der Waals surface area contributed by atoms with E-state index in [2.05, 4.69) is 10.6 Å². The van der Waals surface area contributed by atoms with Gasteiger partial charge in [-0.3, -0.25) is 9.59 Å². The fourth-order valence-corrected chi connectivity index (χ4v) is 1.60. The molecule has 0 unspecified atom stereocenters. The summed E-state index contributed by atoms with van der Waals surface area (Å²) < 4.78 is 0. The smallest absolute Gasteiger partial charge is 0.251 e. The molecule has 0 spiro atoms. The summed E-state index contributed by atoms with van der Waals surface area (Å²) in [6.45, 7) is -0.116. The Bertz CT molecular complexity index is 594. The van der Waals surface area contributed by atoms with E-state index in [0.29, 0.717) is 11.3 Å². The van der Waals surface area contributed by atoms with E-state index < -0.39 is 0 Å². The summed E-state index contributed by atoms with van der Waals surface area (Å²) >= 11 is 0. The van der Waals surface area contributed by atoms with Gasteiger partial charge in [0.25, 0.3) is 5.91 Å². The maximum atomic E-state index is 11.7. The van der Waals surface area contributed by atoms with Crippen LogP contribution in [0.4, 0.5) is 5.69 Å². The highest BCUT2D eigenvalue weighted by atomic mass is 16.3. The molecule has 2 amide bonds. The molecule has 2 rings (SSSR count). The predicted molar refractivity (Wildman–Crippen MR) is 75.5 cm³/mol. The van der Waals surface area contributed by atoms with Crippen LogP contribution in [0.3, 0.4) is 0 Å². The van der Waals surface area contributed by atoms with Crippen LogP contribution in [-0.2, 0) is 4.79 Å². The Balaban J connectivity index is 1.83. The first kappa shape index (κ1) is 13.6. The van der Waals surface area contributed by atoms with E-state index in [4.69, 9.17) is 5.11 Å². The van der Waals surface area contributed by atoms with E-state index in [-0.39, 0.29) is 24.1 Å². The molecule has 0 saturated carbocycles. The maximum Gasteiger partial charge on any atom is 0.251 e. The molecule has 0 aliphatic rings. The minimum atomic E-state index is -0.333. The van der Waals surface area contributed by atoms with Crippen molar-refractivity contribution >= 4 is 17.5 Å². The number of hydrogen-bond acceptors (Lipinski definition) is 3. The highest BCUT2D eigenvalue weighted by molar-refractivity contribution is 5.99. The zero-order valence-corrected chi connectivity index (χ0v) is 10.7. The summed E-state index contributed by atoms with van der Waals surface area (Å²) in [5.74, 6) is -0.508. The van der Waals surface area contributed by atoms with Gasteiger partial charge in [-0.1, -0.05) is 18.2 Å². The molecule has 0 bridgehead atoms. The first-order valence-electron chi connectivity index (χ1n) is 6.07. The van der Waals surface area contributed by atoms with Crippen molar-refractivity contribution in [2.75, 3.05) is 11.9 Å². The van der Waals surface area contributed by atoms with Gasteiger partial charge in [-0.25, -0.2) is 0 Å². The summed E-state index contributed by atoms with van der Waals surface area (Å²) in [7, 11) is 0. The van der Waals surface area contributed by atoms with Crippen LogP contribution >= 0.6 is 0 Å². The number of nitrogens with one attached hydrogen (secondary N) is 2. The zero-order chi connectivity index (χ0) is 14.4. The average molecular weight is 270 g/mol. The van der Waals surface area contributed by atoms with E-state index in [1.165, 1.54) is 12.1 Å². The molecule has 20 heavy (non-hydrogen) atoms. The molecule has 0 saturated heterocycles. The van der Waals surface area contributed by atoms with Crippen LogP contribution < -0.4 is 10.6 Å². The normalized spacial score (nSPS) is 9.80. The van der Waals surface area contributed by atoms with Gasteiger partial charge in [0.15, 0.2) is 0 Å². The van der Waals surface area contributed by atoms with E-state index >= 15 is 0 Å². The topological polar surface area (TPSA) is 78.4 Å². The Kier molecular flexibility index (Phi) is 4.34. The van der Waals surface area contributed by atoms with Crippen LogP contribution in [0, 0.1) is 0 Å². The number of phenols is 1. The molecule has 2 aromatic carbocycles. The Hall–Kier alpha value is -2.82. The molecule has 0 aromatic heterocycles. The third-order valence-corrected chi connectivity index (χ3v) is 2.60. The second-order valence-corrected chi connectivity index (χ2v) is 4.14. The minimum Gasteiger partial charge on any atom is -0.508 e. The lowest BCUT2D eigenvalue weighted by atomic mass is 10.2. The summed E-state index contributed by atoms with van der Waals surface area (Å²) in [5.41, 5.74) is 1.06.